The molecule has 2 aliphatic rings. The van der Waals surface area contributed by atoms with E-state index in [1.807, 2.05) is 30.3 Å². The van der Waals surface area contributed by atoms with Gasteiger partial charge in [-0.05, 0) is 50.7 Å². The van der Waals surface area contributed by atoms with Crippen LogP contribution in [0.4, 0.5) is 0 Å². The first kappa shape index (κ1) is 18.5. The zero-order chi connectivity index (χ0) is 20.2. The summed E-state index contributed by atoms with van der Waals surface area (Å²) in [6.07, 6.45) is 2.52. The summed E-state index contributed by atoms with van der Waals surface area (Å²) in [6.45, 7) is 4.24. The first-order valence-electron chi connectivity index (χ1n) is 9.73. The van der Waals surface area contributed by atoms with Crippen molar-refractivity contribution in [1.29, 1.82) is 0 Å². The SMILES string of the molecule is Cc1noc(C)c1S(=O)(=O)N1CCC2(CC1)CC2c1nnc(-c2ccccc2)o1. The Morgan fingerprint density at radius 3 is 2.48 bits per heavy atom. The summed E-state index contributed by atoms with van der Waals surface area (Å²) in [7, 11) is -3.59. The third kappa shape index (κ3) is 3.00. The smallest absolute Gasteiger partial charge is 0.248 e. The highest BCUT2D eigenvalue weighted by molar-refractivity contribution is 7.89. The average molecular weight is 414 g/mol. The molecule has 0 bridgehead atoms. The fraction of sp³-hybridized carbons (Fsp3) is 0.450. The van der Waals surface area contributed by atoms with Crippen LogP contribution in [-0.2, 0) is 10.0 Å². The Morgan fingerprint density at radius 1 is 1.10 bits per heavy atom. The summed E-state index contributed by atoms with van der Waals surface area (Å²) in [6, 6.07) is 9.71. The minimum atomic E-state index is -3.59. The Bertz CT molecular complexity index is 1120. The highest BCUT2D eigenvalue weighted by atomic mass is 32.2. The van der Waals surface area contributed by atoms with Crippen LogP contribution in [0.5, 0.6) is 0 Å². The molecule has 9 heteroatoms. The molecule has 29 heavy (non-hydrogen) atoms. The summed E-state index contributed by atoms with van der Waals surface area (Å²) in [5, 5.41) is 12.2. The molecule has 0 amide bonds. The van der Waals surface area contributed by atoms with Crippen molar-refractivity contribution in [2.45, 2.75) is 43.9 Å². The maximum atomic E-state index is 13.0. The van der Waals surface area contributed by atoms with E-state index in [2.05, 4.69) is 15.4 Å². The molecule has 0 N–H and O–H groups in total. The van der Waals surface area contributed by atoms with Gasteiger partial charge in [0.25, 0.3) is 0 Å². The number of nitrogens with zero attached hydrogens (tertiary/aromatic N) is 4. The summed E-state index contributed by atoms with van der Waals surface area (Å²) in [5.74, 6) is 1.73. The van der Waals surface area contributed by atoms with Crippen molar-refractivity contribution in [3.8, 4) is 11.5 Å². The van der Waals surface area contributed by atoms with Crippen molar-refractivity contribution in [2.24, 2.45) is 5.41 Å². The average Bonchev–Trinajstić information content (AvgIpc) is 3.05. The predicted octanol–water partition coefficient (Wildman–Crippen LogP) is 3.30. The van der Waals surface area contributed by atoms with Gasteiger partial charge in [-0.25, -0.2) is 8.42 Å². The van der Waals surface area contributed by atoms with Crippen LogP contribution in [0, 0.1) is 19.3 Å². The molecule has 3 heterocycles. The number of rotatable bonds is 4. The third-order valence-corrected chi connectivity index (χ3v) is 8.38. The molecule has 1 aliphatic heterocycles. The lowest BCUT2D eigenvalue weighted by Crippen LogP contribution is -2.39. The molecule has 0 radical (unpaired) electrons. The molecule has 152 valence electrons. The largest absolute Gasteiger partial charge is 0.420 e. The number of aromatic nitrogens is 3. The van der Waals surface area contributed by atoms with Crippen molar-refractivity contribution < 1.29 is 17.4 Å². The Kier molecular flexibility index (Phi) is 4.15. The summed E-state index contributed by atoms with van der Waals surface area (Å²) in [4.78, 5) is 0.199. The zero-order valence-corrected chi connectivity index (χ0v) is 17.1. The number of hydrogen-bond donors (Lipinski definition) is 0. The van der Waals surface area contributed by atoms with Crippen molar-refractivity contribution in [3.05, 3.63) is 47.7 Å². The van der Waals surface area contributed by atoms with Crippen molar-refractivity contribution in [1.82, 2.24) is 19.7 Å². The molecule has 1 spiro atoms. The number of hydrogen-bond acceptors (Lipinski definition) is 7. The van der Waals surface area contributed by atoms with E-state index in [0.29, 0.717) is 36.3 Å². The molecule has 1 saturated heterocycles. The Hall–Kier alpha value is -2.52. The van der Waals surface area contributed by atoms with Gasteiger partial charge in [-0.15, -0.1) is 10.2 Å². The first-order valence-corrected chi connectivity index (χ1v) is 11.2. The predicted molar refractivity (Wildman–Crippen MR) is 103 cm³/mol. The topological polar surface area (TPSA) is 102 Å². The molecule has 1 aromatic carbocycles. The van der Waals surface area contributed by atoms with Gasteiger partial charge in [-0.1, -0.05) is 23.4 Å². The van der Waals surface area contributed by atoms with Crippen LogP contribution in [-0.4, -0.2) is 41.2 Å². The van der Waals surface area contributed by atoms with E-state index in [0.717, 1.165) is 24.8 Å². The van der Waals surface area contributed by atoms with Crippen LogP contribution in [0.2, 0.25) is 0 Å². The van der Waals surface area contributed by atoms with Gasteiger partial charge < -0.3 is 8.94 Å². The van der Waals surface area contributed by atoms with E-state index in [1.165, 1.54) is 0 Å². The maximum Gasteiger partial charge on any atom is 0.248 e. The van der Waals surface area contributed by atoms with Crippen molar-refractivity contribution in [2.75, 3.05) is 13.1 Å². The molecule has 1 saturated carbocycles. The van der Waals surface area contributed by atoms with E-state index < -0.39 is 10.0 Å². The quantitative estimate of drug-likeness (QED) is 0.645. The van der Waals surface area contributed by atoms with E-state index >= 15 is 0 Å². The van der Waals surface area contributed by atoms with Gasteiger partial charge in [-0.2, -0.15) is 4.31 Å². The monoisotopic (exact) mass is 414 g/mol. The Morgan fingerprint density at radius 2 is 1.83 bits per heavy atom. The molecular weight excluding hydrogens is 392 g/mol. The second-order valence-electron chi connectivity index (χ2n) is 7.99. The van der Waals surface area contributed by atoms with Gasteiger partial charge in [0.05, 0.1) is 0 Å². The number of aryl methyl sites for hydroxylation is 2. The summed E-state index contributed by atoms with van der Waals surface area (Å²) < 4.78 is 38.6. The summed E-state index contributed by atoms with van der Waals surface area (Å²) >= 11 is 0. The lowest BCUT2D eigenvalue weighted by Gasteiger charge is -2.31. The van der Waals surface area contributed by atoms with Crippen LogP contribution >= 0.6 is 0 Å². The van der Waals surface area contributed by atoms with Crippen LogP contribution < -0.4 is 0 Å². The first-order chi connectivity index (χ1) is 13.9. The van der Waals surface area contributed by atoms with Crippen LogP contribution in [0.3, 0.4) is 0 Å². The fourth-order valence-corrected chi connectivity index (χ4v) is 6.20. The molecule has 1 atom stereocenters. The summed E-state index contributed by atoms with van der Waals surface area (Å²) in [5.41, 5.74) is 1.37. The van der Waals surface area contributed by atoms with E-state index in [9.17, 15) is 8.42 Å². The van der Waals surface area contributed by atoms with Crippen LogP contribution in [0.25, 0.3) is 11.5 Å². The lowest BCUT2D eigenvalue weighted by atomic mass is 9.92. The van der Waals surface area contributed by atoms with Crippen LogP contribution in [0.15, 0.2) is 44.2 Å². The number of sulfonamides is 1. The third-order valence-electron chi connectivity index (χ3n) is 6.23. The lowest BCUT2D eigenvalue weighted by molar-refractivity contribution is 0.246. The Balaban J connectivity index is 1.29. The molecule has 8 nitrogen and oxygen atoms in total. The minimum Gasteiger partial charge on any atom is -0.420 e. The molecule has 5 rings (SSSR count). The molecular formula is C20H22N4O4S. The van der Waals surface area contributed by atoms with Gasteiger partial charge in [0.2, 0.25) is 21.8 Å². The van der Waals surface area contributed by atoms with E-state index in [4.69, 9.17) is 8.94 Å². The second kappa shape index (κ2) is 6.50. The highest BCUT2D eigenvalue weighted by Crippen LogP contribution is 2.64. The van der Waals surface area contributed by atoms with Crippen molar-refractivity contribution in [3.63, 3.8) is 0 Å². The molecule has 3 aromatic rings. The standard InChI is InChI=1S/C20H22N4O4S/c1-13-17(14(2)28-23-13)29(25,26)24-10-8-20(9-11-24)12-16(20)19-22-21-18(27-19)15-6-4-3-5-7-15/h3-7,16H,8-12H2,1-2H3. The minimum absolute atomic E-state index is 0.0608. The second-order valence-corrected chi connectivity index (χ2v) is 9.86. The van der Waals surface area contributed by atoms with Gasteiger partial charge >= 0.3 is 0 Å². The fourth-order valence-electron chi connectivity index (χ4n) is 4.47. The molecule has 1 unspecified atom stereocenters. The molecule has 2 aromatic heterocycles. The maximum absolute atomic E-state index is 13.0. The number of benzene rings is 1. The van der Waals surface area contributed by atoms with Gasteiger partial charge in [-0.3, -0.25) is 0 Å². The van der Waals surface area contributed by atoms with E-state index in [-0.39, 0.29) is 16.2 Å². The van der Waals surface area contributed by atoms with Crippen molar-refractivity contribution >= 4 is 10.0 Å². The van der Waals surface area contributed by atoms with Crippen LogP contribution in [0.1, 0.15) is 42.5 Å². The highest BCUT2D eigenvalue weighted by Gasteiger charge is 2.59. The normalized spacial score (nSPS) is 21.5. The zero-order valence-electron chi connectivity index (χ0n) is 16.3. The molecule has 1 aliphatic carbocycles. The number of piperidine rings is 1. The van der Waals surface area contributed by atoms with E-state index in [1.54, 1.807) is 18.2 Å². The Labute approximate surface area is 169 Å². The van der Waals surface area contributed by atoms with Gasteiger partial charge in [0, 0.05) is 24.6 Å². The van der Waals surface area contributed by atoms with Gasteiger partial charge in [0.1, 0.15) is 10.6 Å². The molecule has 2 fully saturated rings. The van der Waals surface area contributed by atoms with Gasteiger partial charge in [0.15, 0.2) is 5.76 Å².